The Morgan fingerprint density at radius 3 is 0.742 bits per heavy atom. The Kier molecular flexibility index (Phi) is 10.1. The van der Waals surface area contributed by atoms with Gasteiger partial charge in [-0.25, -0.2) is 0 Å². The molecular weight excluding hydrogens is 936 g/mol. The third-order valence-corrected chi connectivity index (χ3v) is 13.7. The highest BCUT2D eigenvalue weighted by atomic mass is 79.9. The van der Waals surface area contributed by atoms with Gasteiger partial charge in [0.25, 0.3) is 0 Å². The van der Waals surface area contributed by atoms with Gasteiger partial charge in [0.15, 0.2) is 0 Å². The first-order valence-electron chi connectivity index (χ1n) is 22.0. The smallest absolute Gasteiger partial charge is 0.0541 e. The fourth-order valence-electron chi connectivity index (χ4n) is 9.58. The van der Waals surface area contributed by atoms with Crippen LogP contribution in [0, 0.1) is 0 Å². The summed E-state index contributed by atoms with van der Waals surface area (Å²) in [5.41, 5.74) is 15.8. The molecule has 2 aromatic heterocycles. The summed E-state index contributed by atoms with van der Waals surface area (Å²) in [4.78, 5) is 4.63. The van der Waals surface area contributed by atoms with E-state index in [2.05, 4.69) is 293 Å². The van der Waals surface area contributed by atoms with Crippen LogP contribution in [0.1, 0.15) is 0 Å². The molecule has 314 valence electrons. The minimum atomic E-state index is 1.04. The lowest BCUT2D eigenvalue weighted by Gasteiger charge is -2.26. The minimum Gasteiger partial charge on any atom is -0.311 e. The molecule has 0 fully saturated rings. The molecule has 0 bridgehead atoms. The largest absolute Gasteiger partial charge is 0.311 e. The third-order valence-electron chi connectivity index (χ3n) is 12.6. The van der Waals surface area contributed by atoms with Crippen molar-refractivity contribution in [3.05, 3.63) is 252 Å². The lowest BCUT2D eigenvalue weighted by atomic mass is 10.0. The predicted octanol–water partition coefficient (Wildman–Crippen LogP) is 18.0. The molecule has 0 aliphatic rings. The van der Waals surface area contributed by atoms with Crippen LogP contribution in [0.4, 0.5) is 34.1 Å². The fourth-order valence-corrected chi connectivity index (χ4v) is 10.1. The van der Waals surface area contributed by atoms with Crippen LogP contribution < -0.4 is 9.80 Å². The van der Waals surface area contributed by atoms with E-state index in [1.165, 1.54) is 43.6 Å². The van der Waals surface area contributed by atoms with Crippen molar-refractivity contribution in [2.45, 2.75) is 0 Å². The highest BCUT2D eigenvalue weighted by Crippen LogP contribution is 2.41. The average Bonchev–Trinajstić information content (AvgIpc) is 3.89. The van der Waals surface area contributed by atoms with Gasteiger partial charge in [-0.3, -0.25) is 0 Å². The van der Waals surface area contributed by atoms with Crippen molar-refractivity contribution in [1.29, 1.82) is 0 Å². The highest BCUT2D eigenvalue weighted by Gasteiger charge is 2.18. The van der Waals surface area contributed by atoms with E-state index in [1.807, 2.05) is 0 Å². The van der Waals surface area contributed by atoms with E-state index in [0.29, 0.717) is 0 Å². The normalized spacial score (nSPS) is 11.5. The van der Waals surface area contributed by atoms with Gasteiger partial charge >= 0.3 is 0 Å². The van der Waals surface area contributed by atoms with Gasteiger partial charge in [-0.1, -0.05) is 129 Å². The van der Waals surface area contributed by atoms with Crippen LogP contribution in [-0.4, -0.2) is 9.13 Å². The molecule has 12 aromatic rings. The van der Waals surface area contributed by atoms with E-state index in [1.54, 1.807) is 0 Å². The van der Waals surface area contributed by atoms with Crippen molar-refractivity contribution in [3.63, 3.8) is 0 Å². The Hall–Kier alpha value is -7.64. The van der Waals surface area contributed by atoms with Gasteiger partial charge in [-0.2, -0.15) is 0 Å². The summed E-state index contributed by atoms with van der Waals surface area (Å²) in [6.45, 7) is 0. The first-order chi connectivity index (χ1) is 32.6. The van der Waals surface area contributed by atoms with E-state index in [-0.39, 0.29) is 0 Å². The second-order valence-corrected chi connectivity index (χ2v) is 18.3. The van der Waals surface area contributed by atoms with Crippen molar-refractivity contribution < 1.29 is 0 Å². The van der Waals surface area contributed by atoms with Crippen molar-refractivity contribution in [3.8, 4) is 22.5 Å². The van der Waals surface area contributed by atoms with Crippen LogP contribution in [0.25, 0.3) is 66.1 Å². The van der Waals surface area contributed by atoms with Gasteiger partial charge in [0.1, 0.15) is 0 Å². The maximum absolute atomic E-state index is 3.65. The van der Waals surface area contributed by atoms with Crippen molar-refractivity contribution in [1.82, 2.24) is 9.13 Å². The zero-order valence-electron chi connectivity index (χ0n) is 35.6. The minimum absolute atomic E-state index is 1.04. The molecule has 0 unspecified atom stereocenters. The molecule has 0 aliphatic heterocycles. The summed E-state index contributed by atoms with van der Waals surface area (Å²) in [5.74, 6) is 0. The van der Waals surface area contributed by atoms with Gasteiger partial charge in [-0.15, -0.1) is 0 Å². The Morgan fingerprint density at radius 1 is 0.242 bits per heavy atom. The molecule has 0 radical (unpaired) electrons. The molecule has 0 saturated carbocycles. The van der Waals surface area contributed by atoms with Gasteiger partial charge in [0, 0.05) is 76.0 Å². The van der Waals surface area contributed by atoms with Crippen molar-refractivity contribution in [2.75, 3.05) is 9.80 Å². The average molecular weight is 977 g/mol. The standard InChI is InChI=1S/C60H40Br2N4/c61-43-21-29-47(30-22-43)63(49-33-37-51(38-34-49)65-57-13-5-1-9-53(57)54-10-2-6-14-58(54)65)45-25-17-41(18-26-45)42-19-27-46(28-20-42)64(48-31-23-44(62)24-32-48)50-35-39-52(40-36-50)66-59-15-7-3-11-55(59)56-12-4-8-16-60(56)66/h1-40H. The summed E-state index contributed by atoms with van der Waals surface area (Å²) in [6.07, 6.45) is 0. The number of rotatable bonds is 9. The summed E-state index contributed by atoms with van der Waals surface area (Å²) in [7, 11) is 0. The number of anilines is 6. The Labute approximate surface area is 400 Å². The maximum atomic E-state index is 3.65. The summed E-state index contributed by atoms with van der Waals surface area (Å²) < 4.78 is 6.81. The first-order valence-corrected chi connectivity index (χ1v) is 23.6. The monoisotopic (exact) mass is 974 g/mol. The zero-order chi connectivity index (χ0) is 44.1. The molecule has 2 heterocycles. The zero-order valence-corrected chi connectivity index (χ0v) is 38.8. The molecule has 6 heteroatoms. The van der Waals surface area contributed by atoms with Crippen LogP contribution in [0.2, 0.25) is 0 Å². The third kappa shape index (κ3) is 7.06. The van der Waals surface area contributed by atoms with E-state index in [9.17, 15) is 0 Å². The van der Waals surface area contributed by atoms with Crippen LogP contribution in [0.15, 0.2) is 252 Å². The Morgan fingerprint density at radius 2 is 0.470 bits per heavy atom. The number of para-hydroxylation sites is 4. The molecule has 12 rings (SSSR count). The maximum Gasteiger partial charge on any atom is 0.0541 e. The fraction of sp³-hybridized carbons (Fsp3) is 0. The summed E-state index contributed by atoms with van der Waals surface area (Å²) in [5, 5.41) is 5.03. The van der Waals surface area contributed by atoms with Crippen LogP contribution in [0.5, 0.6) is 0 Å². The number of fused-ring (bicyclic) bond motifs is 6. The van der Waals surface area contributed by atoms with Gasteiger partial charge < -0.3 is 18.9 Å². The molecule has 0 N–H and O–H groups in total. The van der Waals surface area contributed by atoms with E-state index in [0.717, 1.165) is 65.6 Å². The number of halogens is 2. The molecule has 66 heavy (non-hydrogen) atoms. The quantitative estimate of drug-likeness (QED) is 0.143. The van der Waals surface area contributed by atoms with Gasteiger partial charge in [0.05, 0.1) is 22.1 Å². The van der Waals surface area contributed by atoms with Crippen molar-refractivity contribution in [2.24, 2.45) is 0 Å². The second kappa shape index (κ2) is 16.7. The van der Waals surface area contributed by atoms with Crippen LogP contribution in [-0.2, 0) is 0 Å². The number of aromatic nitrogens is 2. The molecule has 10 aromatic carbocycles. The van der Waals surface area contributed by atoms with E-state index in [4.69, 9.17) is 0 Å². The predicted molar refractivity (Wildman–Crippen MR) is 285 cm³/mol. The molecule has 0 spiro atoms. The molecule has 0 atom stereocenters. The van der Waals surface area contributed by atoms with Crippen LogP contribution >= 0.6 is 31.9 Å². The van der Waals surface area contributed by atoms with E-state index >= 15 is 0 Å². The number of hydrogen-bond acceptors (Lipinski definition) is 2. The van der Waals surface area contributed by atoms with Crippen molar-refractivity contribution >= 4 is 110 Å². The van der Waals surface area contributed by atoms with Crippen LogP contribution in [0.3, 0.4) is 0 Å². The molecule has 0 amide bonds. The number of nitrogens with zero attached hydrogens (tertiary/aromatic N) is 4. The topological polar surface area (TPSA) is 16.3 Å². The lowest BCUT2D eigenvalue weighted by molar-refractivity contribution is 1.17. The molecule has 0 aliphatic carbocycles. The molecule has 0 saturated heterocycles. The van der Waals surface area contributed by atoms with E-state index < -0.39 is 0 Å². The second-order valence-electron chi connectivity index (χ2n) is 16.5. The summed E-state index contributed by atoms with van der Waals surface area (Å²) in [6, 6.07) is 87.2. The molecule has 4 nitrogen and oxygen atoms in total. The Balaban J connectivity index is 0.860. The SMILES string of the molecule is Brc1ccc(N(c2ccc(-c3ccc(N(c4ccc(Br)cc4)c4ccc(-n5c6ccccc6c6ccccc65)cc4)cc3)cc2)c2ccc(-n3c4ccccc4c4ccccc43)cc2)cc1. The first kappa shape index (κ1) is 39.9. The lowest BCUT2D eigenvalue weighted by Crippen LogP contribution is -2.10. The molecular formula is C60H40Br2N4. The van der Waals surface area contributed by atoms with Gasteiger partial charge in [-0.05, 0) is 157 Å². The number of benzene rings is 10. The van der Waals surface area contributed by atoms with Gasteiger partial charge in [0.2, 0.25) is 0 Å². The summed E-state index contributed by atoms with van der Waals surface area (Å²) >= 11 is 7.31. The Bertz CT molecular complexity index is 3330. The number of hydrogen-bond donors (Lipinski definition) is 0. The highest BCUT2D eigenvalue weighted by molar-refractivity contribution is 9.10.